The van der Waals surface area contributed by atoms with Gasteiger partial charge in [0.05, 0.1) is 22.2 Å². The van der Waals surface area contributed by atoms with Gasteiger partial charge in [0.15, 0.2) is 0 Å². The van der Waals surface area contributed by atoms with Crippen LogP contribution in [0.4, 0.5) is 0 Å². The summed E-state index contributed by atoms with van der Waals surface area (Å²) in [6.45, 7) is 6.22. The van der Waals surface area contributed by atoms with Crippen LogP contribution in [0.2, 0.25) is 0 Å². The minimum Gasteiger partial charge on any atom is -0.491 e. The van der Waals surface area contributed by atoms with E-state index >= 15 is 0 Å². The van der Waals surface area contributed by atoms with Crippen molar-refractivity contribution < 1.29 is 9.53 Å². The van der Waals surface area contributed by atoms with Crippen molar-refractivity contribution >= 4 is 27.6 Å². The first-order chi connectivity index (χ1) is 13.2. The lowest BCUT2D eigenvalue weighted by Gasteiger charge is -2.18. The number of carbonyl (C=O) groups excluding carboxylic acids is 1. The predicted molar refractivity (Wildman–Crippen MR) is 111 cm³/mol. The van der Waals surface area contributed by atoms with Crippen molar-refractivity contribution in [2.24, 2.45) is 24.4 Å². The van der Waals surface area contributed by atoms with Crippen LogP contribution in [-0.2, 0) is 7.05 Å². The summed E-state index contributed by atoms with van der Waals surface area (Å²) in [5.74, 6) is 0.177. The van der Waals surface area contributed by atoms with Gasteiger partial charge in [-0.25, -0.2) is 0 Å². The second-order valence-electron chi connectivity index (χ2n) is 7.61. The number of nitrogens with zero attached hydrogens (tertiary/aromatic N) is 2. The molecule has 3 rings (SSSR count). The first kappa shape index (κ1) is 19.8. The number of hydrogen-bond acceptors (Lipinski definition) is 5. The van der Waals surface area contributed by atoms with E-state index in [0.717, 1.165) is 17.2 Å². The lowest BCUT2D eigenvalue weighted by atomic mass is 10.0. The molecule has 1 unspecified atom stereocenters. The summed E-state index contributed by atoms with van der Waals surface area (Å²) >= 11 is 0. The maximum atomic E-state index is 12.9. The Morgan fingerprint density at radius 2 is 2.00 bits per heavy atom. The number of ether oxygens (including phenoxy) is 1. The molecule has 1 amide bonds. The molecule has 0 spiro atoms. The average molecular weight is 382 g/mol. The van der Waals surface area contributed by atoms with Gasteiger partial charge in [-0.15, -0.1) is 0 Å². The lowest BCUT2D eigenvalue weighted by Crippen LogP contribution is -2.30. The molecule has 3 aromatic rings. The van der Waals surface area contributed by atoms with Crippen molar-refractivity contribution in [2.45, 2.75) is 33.2 Å². The highest BCUT2D eigenvalue weighted by Gasteiger charge is 2.18. The summed E-state index contributed by atoms with van der Waals surface area (Å²) in [4.78, 5) is 29.1. The minimum absolute atomic E-state index is 0.151. The van der Waals surface area contributed by atoms with E-state index in [1.165, 1.54) is 4.57 Å². The van der Waals surface area contributed by atoms with Crippen LogP contribution in [0, 0.1) is 12.8 Å². The van der Waals surface area contributed by atoms with E-state index in [1.54, 1.807) is 38.4 Å². The third kappa shape index (κ3) is 3.57. The SMILES string of the molecule is Cc1nccc2c1c(=O)n(C)c1cc(OCC(N)CC(C)C)c(C(N)=O)cc21. The third-order valence-corrected chi connectivity index (χ3v) is 4.90. The summed E-state index contributed by atoms with van der Waals surface area (Å²) in [5, 5.41) is 2.01. The quantitative estimate of drug-likeness (QED) is 0.635. The van der Waals surface area contributed by atoms with Gasteiger partial charge in [0.2, 0.25) is 0 Å². The van der Waals surface area contributed by atoms with E-state index in [4.69, 9.17) is 16.2 Å². The van der Waals surface area contributed by atoms with Crippen molar-refractivity contribution in [1.29, 1.82) is 0 Å². The highest BCUT2D eigenvalue weighted by molar-refractivity contribution is 6.10. The fourth-order valence-corrected chi connectivity index (χ4v) is 3.58. The van der Waals surface area contributed by atoms with Gasteiger partial charge in [0.25, 0.3) is 11.5 Å². The van der Waals surface area contributed by atoms with Crippen LogP contribution in [-0.4, -0.2) is 28.1 Å². The first-order valence-corrected chi connectivity index (χ1v) is 9.31. The van der Waals surface area contributed by atoms with E-state index in [0.29, 0.717) is 28.3 Å². The van der Waals surface area contributed by atoms with Crippen LogP contribution in [0.1, 0.15) is 36.3 Å². The summed E-state index contributed by atoms with van der Waals surface area (Å²) < 4.78 is 7.39. The zero-order valence-electron chi connectivity index (χ0n) is 16.7. The molecule has 0 fully saturated rings. The number of fused-ring (bicyclic) bond motifs is 3. The summed E-state index contributed by atoms with van der Waals surface area (Å²) in [6, 6.07) is 4.98. The molecule has 28 heavy (non-hydrogen) atoms. The number of amides is 1. The molecular weight excluding hydrogens is 356 g/mol. The summed E-state index contributed by atoms with van der Waals surface area (Å²) in [7, 11) is 1.69. The van der Waals surface area contributed by atoms with Crippen molar-refractivity contribution in [3.8, 4) is 5.75 Å². The Morgan fingerprint density at radius 3 is 2.64 bits per heavy atom. The number of aryl methyl sites for hydroxylation is 2. The molecule has 0 aliphatic rings. The Hall–Kier alpha value is -2.93. The topological polar surface area (TPSA) is 113 Å². The molecule has 0 saturated heterocycles. The molecular formula is C21H26N4O3. The Kier molecular flexibility index (Phi) is 5.38. The maximum Gasteiger partial charge on any atom is 0.260 e. The molecule has 0 radical (unpaired) electrons. The number of aromatic nitrogens is 2. The van der Waals surface area contributed by atoms with Gasteiger partial charge >= 0.3 is 0 Å². The van der Waals surface area contributed by atoms with E-state index in [2.05, 4.69) is 18.8 Å². The molecule has 7 heteroatoms. The van der Waals surface area contributed by atoms with E-state index in [1.807, 2.05) is 0 Å². The van der Waals surface area contributed by atoms with Crippen molar-refractivity contribution in [3.63, 3.8) is 0 Å². The number of hydrogen-bond donors (Lipinski definition) is 2. The van der Waals surface area contributed by atoms with Crippen molar-refractivity contribution in [1.82, 2.24) is 9.55 Å². The average Bonchev–Trinajstić information content (AvgIpc) is 2.63. The second-order valence-corrected chi connectivity index (χ2v) is 7.61. The van der Waals surface area contributed by atoms with Crippen LogP contribution in [0.25, 0.3) is 21.7 Å². The molecule has 1 aromatic carbocycles. The van der Waals surface area contributed by atoms with Crippen LogP contribution in [0.5, 0.6) is 5.75 Å². The van der Waals surface area contributed by atoms with Gasteiger partial charge in [-0.2, -0.15) is 0 Å². The molecule has 1 atom stereocenters. The maximum absolute atomic E-state index is 12.9. The summed E-state index contributed by atoms with van der Waals surface area (Å²) in [6.07, 6.45) is 2.45. The fraction of sp³-hybridized carbons (Fsp3) is 0.381. The smallest absolute Gasteiger partial charge is 0.260 e. The molecule has 7 nitrogen and oxygen atoms in total. The molecule has 0 saturated carbocycles. The standard InChI is InChI=1S/C21H26N4O3/c1-11(2)7-13(22)10-28-18-9-17-15(8-16(18)20(23)26)14-5-6-24-12(3)19(14)21(27)25(17)4/h5-6,8-9,11,13H,7,10,22H2,1-4H3,(H2,23,26). The van der Waals surface area contributed by atoms with Crippen LogP contribution in [0.15, 0.2) is 29.2 Å². The normalized spacial score (nSPS) is 12.6. The fourth-order valence-electron chi connectivity index (χ4n) is 3.58. The monoisotopic (exact) mass is 382 g/mol. The molecule has 0 bridgehead atoms. The van der Waals surface area contributed by atoms with Gasteiger partial charge in [0, 0.05) is 30.7 Å². The number of carbonyl (C=O) groups is 1. The minimum atomic E-state index is -0.595. The van der Waals surface area contributed by atoms with Crippen LogP contribution in [0.3, 0.4) is 0 Å². The number of pyridine rings is 2. The van der Waals surface area contributed by atoms with E-state index in [9.17, 15) is 9.59 Å². The molecule has 2 heterocycles. The molecule has 2 aromatic heterocycles. The van der Waals surface area contributed by atoms with Gasteiger partial charge < -0.3 is 20.8 Å². The van der Waals surface area contributed by atoms with E-state index < -0.39 is 5.91 Å². The third-order valence-electron chi connectivity index (χ3n) is 4.90. The van der Waals surface area contributed by atoms with Gasteiger partial charge in [-0.3, -0.25) is 14.6 Å². The lowest BCUT2D eigenvalue weighted by molar-refractivity contribution is 0.0996. The number of primary amides is 1. The van der Waals surface area contributed by atoms with Crippen LogP contribution < -0.4 is 21.8 Å². The zero-order valence-corrected chi connectivity index (χ0v) is 16.7. The van der Waals surface area contributed by atoms with Crippen LogP contribution >= 0.6 is 0 Å². The highest BCUT2D eigenvalue weighted by Crippen LogP contribution is 2.30. The second kappa shape index (κ2) is 7.59. The molecule has 148 valence electrons. The molecule has 4 N–H and O–H groups in total. The first-order valence-electron chi connectivity index (χ1n) is 9.31. The highest BCUT2D eigenvalue weighted by atomic mass is 16.5. The Bertz CT molecular complexity index is 1120. The van der Waals surface area contributed by atoms with Gasteiger partial charge in [0.1, 0.15) is 12.4 Å². The Morgan fingerprint density at radius 1 is 1.29 bits per heavy atom. The Labute approximate surface area is 163 Å². The van der Waals surface area contributed by atoms with E-state index in [-0.39, 0.29) is 23.8 Å². The van der Waals surface area contributed by atoms with Gasteiger partial charge in [-0.05, 0) is 36.8 Å². The van der Waals surface area contributed by atoms with Crippen molar-refractivity contribution in [3.05, 3.63) is 46.0 Å². The van der Waals surface area contributed by atoms with Crippen molar-refractivity contribution in [2.75, 3.05) is 6.61 Å². The Balaban J connectivity index is 2.20. The zero-order chi connectivity index (χ0) is 20.6. The number of rotatable bonds is 6. The number of benzene rings is 1. The predicted octanol–water partition coefficient (Wildman–Crippen LogP) is 2.25. The molecule has 0 aliphatic carbocycles. The summed E-state index contributed by atoms with van der Waals surface area (Å²) in [5.41, 5.74) is 13.1. The largest absolute Gasteiger partial charge is 0.491 e. The molecule has 0 aliphatic heterocycles. The number of nitrogens with two attached hydrogens (primary N) is 2. The van der Waals surface area contributed by atoms with Gasteiger partial charge in [-0.1, -0.05) is 13.8 Å².